The Morgan fingerprint density at radius 2 is 1.66 bits per heavy atom. The molecular weight excluding hydrogens is 444 g/mol. The highest BCUT2D eigenvalue weighted by Gasteiger charge is 2.40. The number of benzene rings is 2. The van der Waals surface area contributed by atoms with E-state index in [1.807, 2.05) is 36.1 Å². The largest absolute Gasteiger partial charge is 0.481 e. The van der Waals surface area contributed by atoms with Crippen LogP contribution in [0, 0.1) is 11.8 Å². The van der Waals surface area contributed by atoms with Crippen LogP contribution in [0.2, 0.25) is 0 Å². The molecule has 2 fully saturated rings. The van der Waals surface area contributed by atoms with Crippen LogP contribution in [0.1, 0.15) is 56.1 Å². The van der Waals surface area contributed by atoms with Gasteiger partial charge in [-0.3, -0.25) is 9.59 Å². The summed E-state index contributed by atoms with van der Waals surface area (Å²) in [5.41, 5.74) is 4.68. The van der Waals surface area contributed by atoms with Gasteiger partial charge in [0.15, 0.2) is 0 Å². The minimum Gasteiger partial charge on any atom is -0.481 e. The van der Waals surface area contributed by atoms with Gasteiger partial charge in [-0.1, -0.05) is 55.0 Å². The van der Waals surface area contributed by atoms with Gasteiger partial charge in [-0.05, 0) is 54.9 Å². The van der Waals surface area contributed by atoms with Crippen molar-refractivity contribution in [1.29, 1.82) is 0 Å². The van der Waals surface area contributed by atoms with Gasteiger partial charge in [0.1, 0.15) is 6.61 Å². The van der Waals surface area contributed by atoms with Crippen molar-refractivity contribution in [3.05, 3.63) is 59.7 Å². The number of nitrogens with one attached hydrogen (secondary N) is 1. The van der Waals surface area contributed by atoms with E-state index in [4.69, 9.17) is 4.74 Å². The topological polar surface area (TPSA) is 95.9 Å². The second-order valence-electron chi connectivity index (χ2n) is 10.1. The Labute approximate surface area is 205 Å². The van der Waals surface area contributed by atoms with Crippen LogP contribution in [0.3, 0.4) is 0 Å². The molecular formula is C28H32N2O5. The summed E-state index contributed by atoms with van der Waals surface area (Å²) in [4.78, 5) is 39.2. The first kappa shape index (κ1) is 23.4. The van der Waals surface area contributed by atoms with E-state index in [0.29, 0.717) is 19.4 Å². The number of hydrogen-bond acceptors (Lipinski definition) is 4. The number of rotatable bonds is 5. The number of piperidine rings is 1. The van der Waals surface area contributed by atoms with Crippen molar-refractivity contribution >= 4 is 18.0 Å². The Balaban J connectivity index is 1.20. The van der Waals surface area contributed by atoms with Crippen molar-refractivity contribution in [1.82, 2.24) is 10.2 Å². The Morgan fingerprint density at radius 3 is 2.29 bits per heavy atom. The van der Waals surface area contributed by atoms with Gasteiger partial charge >= 0.3 is 12.1 Å². The normalized spacial score (nSPS) is 25.6. The van der Waals surface area contributed by atoms with E-state index in [1.54, 1.807) is 0 Å². The SMILES string of the molecule is CC1CC(C(=O)O)CCN1C(=O)C1CCCC1NC(=O)OCC1c2ccccc2-c2ccccc21. The predicted octanol–water partition coefficient (Wildman–Crippen LogP) is 4.41. The Kier molecular flexibility index (Phi) is 6.50. The smallest absolute Gasteiger partial charge is 0.407 e. The van der Waals surface area contributed by atoms with Crippen molar-refractivity contribution in [2.24, 2.45) is 11.8 Å². The zero-order valence-electron chi connectivity index (χ0n) is 20.0. The fourth-order valence-corrected chi connectivity index (χ4v) is 6.16. The van der Waals surface area contributed by atoms with Gasteiger partial charge in [0.05, 0.1) is 11.8 Å². The number of ether oxygens (including phenoxy) is 1. The molecule has 0 aromatic heterocycles. The fourth-order valence-electron chi connectivity index (χ4n) is 6.16. The number of hydrogen-bond donors (Lipinski definition) is 2. The van der Waals surface area contributed by atoms with Crippen molar-refractivity contribution in [2.45, 2.75) is 57.0 Å². The van der Waals surface area contributed by atoms with Crippen molar-refractivity contribution in [3.8, 4) is 11.1 Å². The molecule has 2 aliphatic carbocycles. The molecule has 1 heterocycles. The van der Waals surface area contributed by atoms with Gasteiger partial charge in [-0.25, -0.2) is 4.79 Å². The van der Waals surface area contributed by atoms with Crippen molar-refractivity contribution in [3.63, 3.8) is 0 Å². The van der Waals surface area contributed by atoms with E-state index in [2.05, 4.69) is 29.6 Å². The lowest BCUT2D eigenvalue weighted by Gasteiger charge is -2.38. The van der Waals surface area contributed by atoms with Crippen LogP contribution in [-0.2, 0) is 14.3 Å². The van der Waals surface area contributed by atoms with Crippen LogP contribution in [0.25, 0.3) is 11.1 Å². The average Bonchev–Trinajstić information content (AvgIpc) is 3.44. The van der Waals surface area contributed by atoms with Crippen molar-refractivity contribution < 1.29 is 24.2 Å². The summed E-state index contributed by atoms with van der Waals surface area (Å²) in [6.07, 6.45) is 2.78. The highest BCUT2D eigenvalue weighted by molar-refractivity contribution is 5.82. The third kappa shape index (κ3) is 4.51. The number of aliphatic carboxylic acids is 1. The highest BCUT2D eigenvalue weighted by atomic mass is 16.5. The van der Waals surface area contributed by atoms with Crippen LogP contribution in [0.4, 0.5) is 4.79 Å². The number of alkyl carbamates (subject to hydrolysis) is 1. The first-order valence-electron chi connectivity index (χ1n) is 12.6. The summed E-state index contributed by atoms with van der Waals surface area (Å²) < 4.78 is 5.70. The van der Waals surface area contributed by atoms with E-state index in [9.17, 15) is 19.5 Å². The molecule has 0 radical (unpaired) electrons. The molecule has 1 saturated carbocycles. The molecule has 4 unspecified atom stereocenters. The van der Waals surface area contributed by atoms with E-state index >= 15 is 0 Å². The van der Waals surface area contributed by atoms with Gasteiger partial charge < -0.3 is 20.1 Å². The molecule has 0 bridgehead atoms. The number of carbonyl (C=O) groups is 3. The second-order valence-corrected chi connectivity index (χ2v) is 10.1. The predicted molar refractivity (Wildman–Crippen MR) is 131 cm³/mol. The van der Waals surface area contributed by atoms with Gasteiger partial charge in [0.2, 0.25) is 5.91 Å². The number of likely N-dealkylation sites (tertiary alicyclic amines) is 1. The summed E-state index contributed by atoms with van der Waals surface area (Å²) >= 11 is 0. The maximum Gasteiger partial charge on any atom is 0.407 e. The van der Waals surface area contributed by atoms with Crippen LogP contribution in [0.15, 0.2) is 48.5 Å². The zero-order chi connectivity index (χ0) is 24.5. The molecule has 0 spiro atoms. The molecule has 7 nitrogen and oxygen atoms in total. The molecule has 2 amide bonds. The number of carbonyl (C=O) groups excluding carboxylic acids is 2. The quantitative estimate of drug-likeness (QED) is 0.667. The molecule has 2 N–H and O–H groups in total. The first-order valence-corrected chi connectivity index (χ1v) is 12.6. The Hall–Kier alpha value is -3.35. The fraction of sp³-hybridized carbons (Fsp3) is 0.464. The molecule has 35 heavy (non-hydrogen) atoms. The summed E-state index contributed by atoms with van der Waals surface area (Å²) in [6.45, 7) is 2.60. The first-order chi connectivity index (χ1) is 16.9. The Morgan fingerprint density at radius 1 is 1.00 bits per heavy atom. The molecule has 1 saturated heterocycles. The van der Waals surface area contributed by atoms with E-state index in [1.165, 1.54) is 11.1 Å². The van der Waals surface area contributed by atoms with Crippen LogP contribution in [-0.4, -0.2) is 53.2 Å². The van der Waals surface area contributed by atoms with Crippen LogP contribution < -0.4 is 5.32 Å². The lowest BCUT2D eigenvalue weighted by Crippen LogP contribution is -2.51. The zero-order valence-corrected chi connectivity index (χ0v) is 20.0. The molecule has 1 aliphatic heterocycles. The molecule has 184 valence electrons. The summed E-state index contributed by atoms with van der Waals surface area (Å²) in [6, 6.07) is 16.0. The van der Waals surface area contributed by atoms with Gasteiger partial charge in [-0.2, -0.15) is 0 Å². The lowest BCUT2D eigenvalue weighted by atomic mass is 9.90. The minimum absolute atomic E-state index is 0.00876. The minimum atomic E-state index is -0.792. The molecule has 7 heteroatoms. The summed E-state index contributed by atoms with van der Waals surface area (Å²) in [5.74, 6) is -1.47. The standard InChI is InChI=1S/C28H32N2O5/c1-17-15-18(27(32)33)13-14-30(17)26(31)23-11-6-12-25(23)29-28(34)35-16-24-21-9-4-2-7-19(21)20-8-3-5-10-22(20)24/h2-5,7-10,17-18,23-25H,6,11-16H2,1H3,(H,29,34)(H,32,33). The highest BCUT2D eigenvalue weighted by Crippen LogP contribution is 2.44. The van der Waals surface area contributed by atoms with E-state index in [0.717, 1.165) is 30.4 Å². The molecule has 3 aliphatic rings. The Bertz CT molecular complexity index is 1090. The van der Waals surface area contributed by atoms with E-state index < -0.39 is 18.0 Å². The molecule has 5 rings (SSSR count). The number of carboxylic acids is 1. The number of amides is 2. The monoisotopic (exact) mass is 476 g/mol. The van der Waals surface area contributed by atoms with E-state index in [-0.39, 0.29) is 36.4 Å². The number of carboxylic acid groups (broad SMARTS) is 1. The maximum absolute atomic E-state index is 13.3. The number of nitrogens with zero attached hydrogens (tertiary/aromatic N) is 1. The third-order valence-electron chi connectivity index (χ3n) is 7.99. The summed E-state index contributed by atoms with van der Waals surface area (Å²) in [7, 11) is 0. The van der Waals surface area contributed by atoms with Crippen molar-refractivity contribution in [2.75, 3.05) is 13.2 Å². The van der Waals surface area contributed by atoms with Crippen LogP contribution >= 0.6 is 0 Å². The third-order valence-corrected chi connectivity index (χ3v) is 7.99. The molecule has 4 atom stereocenters. The number of fused-ring (bicyclic) bond motifs is 3. The average molecular weight is 477 g/mol. The lowest BCUT2D eigenvalue weighted by molar-refractivity contribution is -0.149. The van der Waals surface area contributed by atoms with Gasteiger partial charge in [0.25, 0.3) is 0 Å². The molecule has 2 aromatic rings. The van der Waals surface area contributed by atoms with Crippen LogP contribution in [0.5, 0.6) is 0 Å². The van der Waals surface area contributed by atoms with Gasteiger partial charge in [-0.15, -0.1) is 0 Å². The molecule has 2 aromatic carbocycles. The van der Waals surface area contributed by atoms with Gasteiger partial charge in [0, 0.05) is 24.5 Å². The second kappa shape index (κ2) is 9.72. The maximum atomic E-state index is 13.3. The summed E-state index contributed by atoms with van der Waals surface area (Å²) in [5, 5.41) is 12.3.